The van der Waals surface area contributed by atoms with Crippen LogP contribution in [0.3, 0.4) is 0 Å². The molecule has 0 radical (unpaired) electrons. The number of aryl methyl sites for hydroxylation is 1. The highest BCUT2D eigenvalue weighted by Gasteiger charge is 2.18. The summed E-state index contributed by atoms with van der Waals surface area (Å²) in [5.41, 5.74) is 3.57. The molecule has 0 bridgehead atoms. The average Bonchev–Trinajstić information content (AvgIpc) is 2.67. The van der Waals surface area contributed by atoms with Crippen LogP contribution in [0.15, 0.2) is 54.6 Å². The minimum absolute atomic E-state index is 0.0630. The van der Waals surface area contributed by atoms with Gasteiger partial charge in [-0.15, -0.1) is 0 Å². The zero-order valence-electron chi connectivity index (χ0n) is 15.3. The summed E-state index contributed by atoms with van der Waals surface area (Å²) in [4.78, 5) is 0. The lowest BCUT2D eigenvalue weighted by Crippen LogP contribution is -2.11. The summed E-state index contributed by atoms with van der Waals surface area (Å²) in [5.74, 6) is 0.606. The van der Waals surface area contributed by atoms with Crippen molar-refractivity contribution in [2.24, 2.45) is 0 Å². The Hall–Kier alpha value is -1.65. The molecule has 140 valence electrons. The molecule has 1 fully saturated rings. The summed E-state index contributed by atoms with van der Waals surface area (Å²) in [7, 11) is -3.52. The molecule has 1 aliphatic rings. The van der Waals surface area contributed by atoms with E-state index in [0.717, 1.165) is 18.4 Å². The Bertz CT molecular complexity index is 778. The summed E-state index contributed by atoms with van der Waals surface area (Å²) < 4.78 is 29.4. The summed E-state index contributed by atoms with van der Waals surface area (Å²) in [5, 5.41) is 0. The fourth-order valence-electron chi connectivity index (χ4n) is 3.84. The van der Waals surface area contributed by atoms with Gasteiger partial charge in [0.25, 0.3) is 10.1 Å². The van der Waals surface area contributed by atoms with Crippen molar-refractivity contribution in [3.8, 4) is 0 Å². The molecule has 0 N–H and O–H groups in total. The van der Waals surface area contributed by atoms with Crippen LogP contribution in [0.2, 0.25) is 0 Å². The van der Waals surface area contributed by atoms with Gasteiger partial charge in [-0.2, -0.15) is 8.42 Å². The second-order valence-corrected chi connectivity index (χ2v) is 8.79. The quantitative estimate of drug-likeness (QED) is 0.472. The van der Waals surface area contributed by atoms with Gasteiger partial charge in [-0.05, 0) is 48.3 Å². The predicted molar refractivity (Wildman–Crippen MR) is 106 cm³/mol. The van der Waals surface area contributed by atoms with Crippen molar-refractivity contribution in [2.75, 3.05) is 6.61 Å². The van der Waals surface area contributed by atoms with E-state index < -0.39 is 10.1 Å². The van der Waals surface area contributed by atoms with Crippen molar-refractivity contribution in [1.82, 2.24) is 0 Å². The van der Waals surface area contributed by atoms with E-state index in [1.807, 2.05) is 18.2 Å². The first-order valence-electron chi connectivity index (χ1n) is 9.63. The summed E-state index contributed by atoms with van der Waals surface area (Å²) in [6.45, 7) is 0.244. The van der Waals surface area contributed by atoms with Gasteiger partial charge in [-0.25, -0.2) is 0 Å². The Morgan fingerprint density at radius 3 is 2.35 bits per heavy atom. The van der Waals surface area contributed by atoms with Crippen LogP contribution in [0.4, 0.5) is 0 Å². The molecule has 2 aromatic rings. The van der Waals surface area contributed by atoms with Gasteiger partial charge in [-0.3, -0.25) is 4.18 Å². The van der Waals surface area contributed by atoms with Crippen molar-refractivity contribution >= 4 is 10.1 Å². The zero-order valence-corrected chi connectivity index (χ0v) is 16.1. The summed E-state index contributed by atoms with van der Waals surface area (Å²) in [6, 6.07) is 17.8. The van der Waals surface area contributed by atoms with E-state index in [1.165, 1.54) is 43.2 Å². The number of hydrogen-bond donors (Lipinski definition) is 0. The Balaban J connectivity index is 1.50. The molecule has 0 aliphatic heterocycles. The molecule has 0 amide bonds. The van der Waals surface area contributed by atoms with E-state index in [4.69, 9.17) is 4.18 Å². The van der Waals surface area contributed by atoms with E-state index in [-0.39, 0.29) is 12.4 Å². The zero-order chi connectivity index (χ0) is 18.2. The van der Waals surface area contributed by atoms with E-state index >= 15 is 0 Å². The standard InChI is InChI=1S/C22H28O3S/c23-26(24,18-19-10-3-1-4-11-19)25-17-9-15-21-14-7-8-16-22(21)20-12-5-2-6-13-20/h1,3-4,7-8,10-11,14,16,20H,2,5-6,9,12-13,15,17-18H2. The maximum Gasteiger partial charge on any atom is 0.271 e. The van der Waals surface area contributed by atoms with Gasteiger partial charge >= 0.3 is 0 Å². The maximum atomic E-state index is 12.1. The van der Waals surface area contributed by atoms with Crippen molar-refractivity contribution in [1.29, 1.82) is 0 Å². The molecular weight excluding hydrogens is 344 g/mol. The van der Waals surface area contributed by atoms with Crippen LogP contribution in [-0.2, 0) is 26.5 Å². The SMILES string of the molecule is O=S(=O)(Cc1ccccc1)OCCCc1ccccc1C1CCCCC1. The van der Waals surface area contributed by atoms with Gasteiger partial charge in [0.1, 0.15) is 5.75 Å². The fourth-order valence-corrected chi connectivity index (χ4v) is 4.90. The highest BCUT2D eigenvalue weighted by molar-refractivity contribution is 7.85. The molecule has 0 aromatic heterocycles. The molecule has 0 spiro atoms. The third kappa shape index (κ3) is 5.68. The van der Waals surface area contributed by atoms with Gasteiger partial charge < -0.3 is 0 Å². The number of benzene rings is 2. The van der Waals surface area contributed by atoms with Gasteiger partial charge in [0, 0.05) is 0 Å². The molecule has 3 rings (SSSR count). The Labute approximate surface area is 157 Å². The van der Waals surface area contributed by atoms with Crippen molar-refractivity contribution in [3.63, 3.8) is 0 Å². The maximum absolute atomic E-state index is 12.1. The largest absolute Gasteiger partial charge is 0.271 e. The third-order valence-electron chi connectivity index (χ3n) is 5.14. The molecule has 1 aliphatic carbocycles. The van der Waals surface area contributed by atoms with E-state index in [0.29, 0.717) is 5.92 Å². The van der Waals surface area contributed by atoms with E-state index in [9.17, 15) is 8.42 Å². The minimum atomic E-state index is -3.52. The highest BCUT2D eigenvalue weighted by atomic mass is 32.2. The molecule has 0 unspecified atom stereocenters. The topological polar surface area (TPSA) is 43.4 Å². The summed E-state index contributed by atoms with van der Waals surface area (Å²) >= 11 is 0. The lowest BCUT2D eigenvalue weighted by Gasteiger charge is -2.24. The highest BCUT2D eigenvalue weighted by Crippen LogP contribution is 2.34. The number of rotatable bonds is 8. The molecule has 0 heterocycles. The van der Waals surface area contributed by atoms with Crippen molar-refractivity contribution < 1.29 is 12.6 Å². The predicted octanol–water partition coefficient (Wildman–Crippen LogP) is 5.21. The van der Waals surface area contributed by atoms with Crippen LogP contribution < -0.4 is 0 Å². The van der Waals surface area contributed by atoms with Gasteiger partial charge in [-0.1, -0.05) is 73.9 Å². The molecular formula is C22H28O3S. The molecule has 26 heavy (non-hydrogen) atoms. The second-order valence-electron chi connectivity index (χ2n) is 7.15. The van der Waals surface area contributed by atoms with Crippen molar-refractivity contribution in [3.05, 3.63) is 71.3 Å². The molecule has 4 heteroatoms. The lowest BCUT2D eigenvalue weighted by atomic mass is 9.81. The van der Waals surface area contributed by atoms with Crippen LogP contribution in [-0.4, -0.2) is 15.0 Å². The van der Waals surface area contributed by atoms with Gasteiger partial charge in [0.15, 0.2) is 0 Å². The second kappa shape index (κ2) is 9.33. The molecule has 2 aromatic carbocycles. The number of hydrogen-bond acceptors (Lipinski definition) is 3. The Kier molecular flexibility index (Phi) is 6.86. The van der Waals surface area contributed by atoms with Crippen LogP contribution in [0.5, 0.6) is 0 Å². The van der Waals surface area contributed by atoms with Gasteiger partial charge in [0.05, 0.1) is 6.61 Å². The van der Waals surface area contributed by atoms with E-state index in [1.54, 1.807) is 12.1 Å². The first-order chi connectivity index (χ1) is 12.6. The van der Waals surface area contributed by atoms with Crippen molar-refractivity contribution in [2.45, 2.75) is 56.6 Å². The molecule has 1 saturated carbocycles. The molecule has 3 nitrogen and oxygen atoms in total. The third-order valence-corrected chi connectivity index (χ3v) is 6.35. The smallest absolute Gasteiger partial charge is 0.270 e. The molecule has 0 atom stereocenters. The first kappa shape index (κ1) is 19.1. The van der Waals surface area contributed by atoms with Crippen LogP contribution in [0.1, 0.15) is 61.1 Å². The Morgan fingerprint density at radius 2 is 1.58 bits per heavy atom. The van der Waals surface area contributed by atoms with Crippen LogP contribution in [0.25, 0.3) is 0 Å². The molecule has 0 saturated heterocycles. The van der Waals surface area contributed by atoms with Gasteiger partial charge in [0.2, 0.25) is 0 Å². The van der Waals surface area contributed by atoms with Crippen LogP contribution >= 0.6 is 0 Å². The Morgan fingerprint density at radius 1 is 0.885 bits per heavy atom. The lowest BCUT2D eigenvalue weighted by molar-refractivity contribution is 0.311. The monoisotopic (exact) mass is 372 g/mol. The first-order valence-corrected chi connectivity index (χ1v) is 11.2. The normalized spacial score (nSPS) is 15.8. The van der Waals surface area contributed by atoms with Crippen LogP contribution in [0, 0.1) is 0 Å². The fraction of sp³-hybridized carbons (Fsp3) is 0.455. The minimum Gasteiger partial charge on any atom is -0.270 e. The summed E-state index contributed by atoms with van der Waals surface area (Å²) in [6.07, 6.45) is 8.13. The average molecular weight is 373 g/mol. The van der Waals surface area contributed by atoms with E-state index in [2.05, 4.69) is 24.3 Å².